The predicted octanol–water partition coefficient (Wildman–Crippen LogP) is 3.17. The molecule has 0 bridgehead atoms. The minimum absolute atomic E-state index is 0.311. The maximum absolute atomic E-state index is 11.2. The van der Waals surface area contributed by atoms with Crippen molar-refractivity contribution in [1.82, 2.24) is 0 Å². The molecule has 0 fully saturated rings. The number of carbonyl (C=O) groups excluding carboxylic acids is 1. The lowest BCUT2D eigenvalue weighted by Gasteiger charge is -2.03. The van der Waals surface area contributed by atoms with Crippen LogP contribution in [0.15, 0.2) is 18.2 Å². The number of esters is 1. The van der Waals surface area contributed by atoms with Gasteiger partial charge in [-0.3, -0.25) is 0 Å². The van der Waals surface area contributed by atoms with Crippen molar-refractivity contribution < 1.29 is 9.53 Å². The number of halogens is 2. The maximum Gasteiger partial charge on any atom is 0.339 e. The number of benzene rings is 1. The zero-order valence-corrected chi connectivity index (χ0v) is 8.52. The van der Waals surface area contributed by atoms with Crippen molar-refractivity contribution in [2.45, 2.75) is 6.92 Å². The monoisotopic (exact) mass is 218 g/mol. The second-order valence-electron chi connectivity index (χ2n) is 2.34. The smallest absolute Gasteiger partial charge is 0.339 e. The standard InChI is InChI=1S/C9H8Cl2O2/c1-2-13-9(12)7-4-3-6(10)5-8(7)11/h3-5H,2H2,1H3. The molecule has 2 nitrogen and oxygen atoms in total. The molecule has 0 N–H and O–H groups in total. The van der Waals surface area contributed by atoms with Crippen molar-refractivity contribution in [1.29, 1.82) is 0 Å². The summed E-state index contributed by atoms with van der Waals surface area (Å²) >= 11 is 11.4. The van der Waals surface area contributed by atoms with E-state index in [1.807, 2.05) is 0 Å². The summed E-state index contributed by atoms with van der Waals surface area (Å²) in [7, 11) is 0. The van der Waals surface area contributed by atoms with Crippen LogP contribution in [0, 0.1) is 0 Å². The summed E-state index contributed by atoms with van der Waals surface area (Å²) < 4.78 is 4.78. The fraction of sp³-hybridized carbons (Fsp3) is 0.222. The number of hydrogen-bond donors (Lipinski definition) is 0. The first-order valence-electron chi connectivity index (χ1n) is 3.77. The molecular weight excluding hydrogens is 211 g/mol. The third kappa shape index (κ3) is 2.61. The highest BCUT2D eigenvalue weighted by atomic mass is 35.5. The Morgan fingerprint density at radius 1 is 1.46 bits per heavy atom. The van der Waals surface area contributed by atoms with E-state index < -0.39 is 5.97 Å². The third-order valence-electron chi connectivity index (χ3n) is 1.43. The van der Waals surface area contributed by atoms with Crippen molar-refractivity contribution >= 4 is 29.2 Å². The van der Waals surface area contributed by atoms with Crippen LogP contribution in [0.2, 0.25) is 10.0 Å². The zero-order valence-electron chi connectivity index (χ0n) is 7.01. The summed E-state index contributed by atoms with van der Waals surface area (Å²) in [5.74, 6) is -0.427. The normalized spacial score (nSPS) is 9.77. The molecule has 0 amide bonds. The van der Waals surface area contributed by atoms with Crippen molar-refractivity contribution in [2.75, 3.05) is 6.61 Å². The summed E-state index contributed by atoms with van der Waals surface area (Å²) in [6, 6.07) is 4.65. The lowest BCUT2D eigenvalue weighted by Crippen LogP contribution is -2.04. The molecule has 0 saturated carbocycles. The summed E-state index contributed by atoms with van der Waals surface area (Å²) in [4.78, 5) is 11.2. The van der Waals surface area contributed by atoms with Gasteiger partial charge in [-0.15, -0.1) is 0 Å². The Morgan fingerprint density at radius 3 is 2.69 bits per heavy atom. The van der Waals surface area contributed by atoms with E-state index in [0.29, 0.717) is 22.2 Å². The summed E-state index contributed by atoms with van der Waals surface area (Å²) in [5.41, 5.74) is 0.341. The number of hydrogen-bond acceptors (Lipinski definition) is 2. The fourth-order valence-corrected chi connectivity index (χ4v) is 1.35. The Hall–Kier alpha value is -0.730. The van der Waals surface area contributed by atoms with Gasteiger partial charge in [-0.05, 0) is 25.1 Å². The van der Waals surface area contributed by atoms with Gasteiger partial charge in [0.1, 0.15) is 0 Å². The molecule has 0 aromatic heterocycles. The van der Waals surface area contributed by atoms with E-state index in [4.69, 9.17) is 27.9 Å². The SMILES string of the molecule is CCOC(=O)c1ccc(Cl)cc1Cl. The topological polar surface area (TPSA) is 26.3 Å². The van der Waals surface area contributed by atoms with E-state index in [-0.39, 0.29) is 0 Å². The van der Waals surface area contributed by atoms with Crippen LogP contribution >= 0.6 is 23.2 Å². The van der Waals surface area contributed by atoms with Crippen LogP contribution in [0.5, 0.6) is 0 Å². The van der Waals surface area contributed by atoms with Crippen LogP contribution in [-0.4, -0.2) is 12.6 Å². The van der Waals surface area contributed by atoms with Crippen molar-refractivity contribution in [2.24, 2.45) is 0 Å². The van der Waals surface area contributed by atoms with Crippen LogP contribution < -0.4 is 0 Å². The first-order valence-corrected chi connectivity index (χ1v) is 4.53. The van der Waals surface area contributed by atoms with Crippen LogP contribution in [0.25, 0.3) is 0 Å². The average Bonchev–Trinajstić information content (AvgIpc) is 2.04. The Labute approximate surface area is 86.4 Å². The molecule has 0 saturated heterocycles. The summed E-state index contributed by atoms with van der Waals surface area (Å²) in [5, 5.41) is 0.809. The molecule has 13 heavy (non-hydrogen) atoms. The van der Waals surface area contributed by atoms with Crippen LogP contribution in [0.1, 0.15) is 17.3 Å². The molecular formula is C9H8Cl2O2. The summed E-state index contributed by atoms with van der Waals surface area (Å²) in [6.07, 6.45) is 0. The second-order valence-corrected chi connectivity index (χ2v) is 3.19. The van der Waals surface area contributed by atoms with Gasteiger partial charge >= 0.3 is 5.97 Å². The van der Waals surface area contributed by atoms with Gasteiger partial charge in [0.25, 0.3) is 0 Å². The van der Waals surface area contributed by atoms with Crippen LogP contribution in [0.3, 0.4) is 0 Å². The molecule has 0 aliphatic carbocycles. The van der Waals surface area contributed by atoms with Gasteiger partial charge in [-0.25, -0.2) is 4.79 Å². The van der Waals surface area contributed by atoms with E-state index in [9.17, 15) is 4.79 Å². The lowest BCUT2D eigenvalue weighted by molar-refractivity contribution is 0.0526. The number of ether oxygens (including phenoxy) is 1. The highest BCUT2D eigenvalue weighted by Crippen LogP contribution is 2.21. The number of rotatable bonds is 2. The summed E-state index contributed by atoms with van der Waals surface area (Å²) in [6.45, 7) is 2.07. The largest absolute Gasteiger partial charge is 0.462 e. The molecule has 4 heteroatoms. The van der Waals surface area contributed by atoms with Gasteiger partial charge in [-0.1, -0.05) is 23.2 Å². The van der Waals surface area contributed by atoms with Crippen LogP contribution in [-0.2, 0) is 4.74 Å². The predicted molar refractivity (Wildman–Crippen MR) is 52.4 cm³/mol. The first kappa shape index (κ1) is 10.4. The molecule has 0 aliphatic heterocycles. The Kier molecular flexibility index (Phi) is 3.58. The van der Waals surface area contributed by atoms with Crippen molar-refractivity contribution in [3.63, 3.8) is 0 Å². The molecule has 70 valence electrons. The molecule has 0 radical (unpaired) electrons. The molecule has 1 aromatic carbocycles. The van der Waals surface area contributed by atoms with E-state index in [0.717, 1.165) is 0 Å². The molecule has 0 aliphatic rings. The van der Waals surface area contributed by atoms with E-state index in [1.165, 1.54) is 6.07 Å². The van der Waals surface area contributed by atoms with Crippen molar-refractivity contribution in [3.05, 3.63) is 33.8 Å². The Balaban J connectivity index is 2.95. The fourth-order valence-electron chi connectivity index (χ4n) is 0.864. The number of carbonyl (C=O) groups is 1. The minimum atomic E-state index is -0.427. The molecule has 0 spiro atoms. The first-order chi connectivity index (χ1) is 6.15. The maximum atomic E-state index is 11.2. The third-order valence-corrected chi connectivity index (χ3v) is 1.97. The zero-order chi connectivity index (χ0) is 9.84. The molecule has 0 unspecified atom stereocenters. The van der Waals surface area contributed by atoms with Gasteiger partial charge in [0.2, 0.25) is 0 Å². The van der Waals surface area contributed by atoms with Gasteiger partial charge in [-0.2, -0.15) is 0 Å². The Morgan fingerprint density at radius 2 is 2.15 bits per heavy atom. The van der Waals surface area contributed by atoms with Crippen molar-refractivity contribution in [3.8, 4) is 0 Å². The average molecular weight is 219 g/mol. The lowest BCUT2D eigenvalue weighted by atomic mass is 10.2. The van der Waals surface area contributed by atoms with E-state index >= 15 is 0 Å². The molecule has 0 heterocycles. The highest BCUT2D eigenvalue weighted by molar-refractivity contribution is 6.36. The van der Waals surface area contributed by atoms with E-state index in [1.54, 1.807) is 19.1 Å². The minimum Gasteiger partial charge on any atom is -0.462 e. The quantitative estimate of drug-likeness (QED) is 0.714. The molecule has 0 atom stereocenters. The van der Waals surface area contributed by atoms with E-state index in [2.05, 4.69) is 0 Å². The molecule has 1 aromatic rings. The highest BCUT2D eigenvalue weighted by Gasteiger charge is 2.10. The van der Waals surface area contributed by atoms with Gasteiger partial charge in [0.05, 0.1) is 17.2 Å². The van der Waals surface area contributed by atoms with Gasteiger partial charge < -0.3 is 4.74 Å². The molecule has 1 rings (SSSR count). The van der Waals surface area contributed by atoms with Gasteiger partial charge in [0.15, 0.2) is 0 Å². The Bertz CT molecular complexity index is 323. The second kappa shape index (κ2) is 4.49. The van der Waals surface area contributed by atoms with Crippen LogP contribution in [0.4, 0.5) is 0 Å². The van der Waals surface area contributed by atoms with Gasteiger partial charge in [0, 0.05) is 5.02 Å².